The molecule has 1 amide bonds. The second kappa shape index (κ2) is 9.97. The SMILES string of the molecule is CC.Cn1[nH]c(=O)c(Nc2cccc(C(N)=O)c2O)c(NCc2ccccc2)c1=O. The van der Waals surface area contributed by atoms with Crippen LogP contribution in [-0.2, 0) is 13.6 Å². The standard InChI is InChI=1S/C19H19N5O4.C2H6/c1-24-19(28)15(21-10-11-6-3-2-4-7-11)14(18(27)23-24)22-13-9-5-8-12(16(13)25)17(20)26;1-2/h2-9,21-22,25H,10H2,1H3,(H2,20,26)(H,23,27);1-2H3. The van der Waals surface area contributed by atoms with Crippen LogP contribution in [0.5, 0.6) is 5.75 Å². The fourth-order valence-electron chi connectivity index (χ4n) is 2.69. The lowest BCUT2D eigenvalue weighted by Gasteiger charge is -2.15. The Morgan fingerprint density at radius 2 is 1.73 bits per heavy atom. The van der Waals surface area contributed by atoms with E-state index in [2.05, 4.69) is 15.7 Å². The van der Waals surface area contributed by atoms with Gasteiger partial charge in [-0.1, -0.05) is 50.2 Å². The first-order chi connectivity index (χ1) is 14.4. The van der Waals surface area contributed by atoms with E-state index < -0.39 is 22.8 Å². The van der Waals surface area contributed by atoms with E-state index in [1.165, 1.54) is 25.2 Å². The highest BCUT2D eigenvalue weighted by Gasteiger charge is 2.17. The van der Waals surface area contributed by atoms with Crippen molar-refractivity contribution in [2.75, 3.05) is 10.6 Å². The average Bonchev–Trinajstić information content (AvgIpc) is 2.74. The fourth-order valence-corrected chi connectivity index (χ4v) is 2.69. The maximum absolute atomic E-state index is 12.6. The van der Waals surface area contributed by atoms with Crippen molar-refractivity contribution in [3.63, 3.8) is 0 Å². The van der Waals surface area contributed by atoms with Gasteiger partial charge in [-0.3, -0.25) is 24.2 Å². The predicted octanol–water partition coefficient (Wildman–Crippen LogP) is 2.26. The molecule has 9 heteroatoms. The van der Waals surface area contributed by atoms with Gasteiger partial charge in [0.15, 0.2) is 5.75 Å². The molecule has 1 heterocycles. The summed E-state index contributed by atoms with van der Waals surface area (Å²) < 4.78 is 1.06. The Labute approximate surface area is 173 Å². The molecule has 1 aromatic heterocycles. The van der Waals surface area contributed by atoms with Crippen LogP contribution in [-0.4, -0.2) is 20.8 Å². The van der Waals surface area contributed by atoms with Gasteiger partial charge in [0.05, 0.1) is 11.3 Å². The van der Waals surface area contributed by atoms with Gasteiger partial charge < -0.3 is 21.5 Å². The Morgan fingerprint density at radius 3 is 2.37 bits per heavy atom. The van der Waals surface area contributed by atoms with E-state index in [0.29, 0.717) is 6.54 Å². The molecule has 9 nitrogen and oxygen atoms in total. The monoisotopic (exact) mass is 411 g/mol. The number of nitrogens with two attached hydrogens (primary N) is 1. The van der Waals surface area contributed by atoms with Crippen LogP contribution in [0.4, 0.5) is 17.1 Å². The summed E-state index contributed by atoms with van der Waals surface area (Å²) in [6, 6.07) is 13.6. The van der Waals surface area contributed by atoms with Crippen molar-refractivity contribution in [2.24, 2.45) is 12.8 Å². The summed E-state index contributed by atoms with van der Waals surface area (Å²) in [6.45, 7) is 4.31. The van der Waals surface area contributed by atoms with Gasteiger partial charge in [-0.05, 0) is 17.7 Å². The number of aryl methyl sites for hydroxylation is 1. The number of nitrogens with one attached hydrogen (secondary N) is 3. The largest absolute Gasteiger partial charge is 0.505 e. The zero-order chi connectivity index (χ0) is 22.3. The number of rotatable bonds is 6. The van der Waals surface area contributed by atoms with Gasteiger partial charge >= 0.3 is 0 Å². The number of amides is 1. The molecule has 0 aliphatic rings. The molecular weight excluding hydrogens is 386 g/mol. The minimum Gasteiger partial charge on any atom is -0.505 e. The second-order valence-electron chi connectivity index (χ2n) is 6.09. The zero-order valence-corrected chi connectivity index (χ0v) is 17.0. The molecule has 0 saturated carbocycles. The molecule has 30 heavy (non-hydrogen) atoms. The number of H-pyrrole nitrogens is 1. The van der Waals surface area contributed by atoms with Gasteiger partial charge in [0.2, 0.25) is 0 Å². The molecule has 0 radical (unpaired) electrons. The predicted molar refractivity (Wildman–Crippen MR) is 117 cm³/mol. The lowest BCUT2D eigenvalue weighted by atomic mass is 10.1. The van der Waals surface area contributed by atoms with Crippen LogP contribution in [0.1, 0.15) is 29.8 Å². The zero-order valence-electron chi connectivity index (χ0n) is 17.0. The van der Waals surface area contributed by atoms with Crippen LogP contribution in [0.2, 0.25) is 0 Å². The van der Waals surface area contributed by atoms with Crippen molar-refractivity contribution in [3.05, 3.63) is 80.4 Å². The molecule has 0 unspecified atom stereocenters. The van der Waals surface area contributed by atoms with Crippen molar-refractivity contribution in [2.45, 2.75) is 20.4 Å². The van der Waals surface area contributed by atoms with Crippen molar-refractivity contribution in [1.82, 2.24) is 9.78 Å². The third-order valence-electron chi connectivity index (χ3n) is 4.14. The number of carbonyl (C=O) groups is 1. The van der Waals surface area contributed by atoms with Crippen LogP contribution >= 0.6 is 0 Å². The number of hydrogen-bond donors (Lipinski definition) is 5. The van der Waals surface area contributed by atoms with Gasteiger partial charge in [-0.25, -0.2) is 0 Å². The molecule has 0 bridgehead atoms. The second-order valence-corrected chi connectivity index (χ2v) is 6.09. The summed E-state index contributed by atoms with van der Waals surface area (Å²) in [6.07, 6.45) is 0. The quantitative estimate of drug-likeness (QED) is 0.394. The lowest BCUT2D eigenvalue weighted by Crippen LogP contribution is -2.31. The molecule has 158 valence electrons. The number of primary amides is 1. The summed E-state index contributed by atoms with van der Waals surface area (Å²) in [4.78, 5) is 36.5. The van der Waals surface area contributed by atoms with Crippen LogP contribution in [0.25, 0.3) is 0 Å². The van der Waals surface area contributed by atoms with Crippen LogP contribution in [0.3, 0.4) is 0 Å². The summed E-state index contributed by atoms with van der Waals surface area (Å²) in [5.74, 6) is -1.23. The number of carbonyl (C=O) groups excluding carboxylic acids is 1. The molecule has 3 rings (SSSR count). The van der Waals surface area contributed by atoms with Gasteiger partial charge in [-0.15, -0.1) is 0 Å². The first-order valence-electron chi connectivity index (χ1n) is 9.38. The highest BCUT2D eigenvalue weighted by atomic mass is 16.3. The van der Waals surface area contributed by atoms with E-state index in [0.717, 1.165) is 10.2 Å². The number of nitrogens with zero attached hydrogens (tertiary/aromatic N) is 1. The van der Waals surface area contributed by atoms with E-state index in [1.807, 2.05) is 44.2 Å². The molecule has 2 aromatic carbocycles. The Balaban J connectivity index is 0.00000155. The molecule has 0 atom stereocenters. The Kier molecular flexibility index (Phi) is 7.40. The van der Waals surface area contributed by atoms with E-state index in [4.69, 9.17) is 5.73 Å². The number of hydrogen-bond acceptors (Lipinski definition) is 6. The number of aromatic hydroxyl groups is 1. The minimum absolute atomic E-state index is 0.0268. The molecule has 0 fully saturated rings. The number of para-hydroxylation sites is 1. The lowest BCUT2D eigenvalue weighted by molar-refractivity contribution is 0.0998. The van der Waals surface area contributed by atoms with Gasteiger partial charge in [0, 0.05) is 13.6 Å². The third-order valence-corrected chi connectivity index (χ3v) is 4.14. The topological polar surface area (TPSA) is 142 Å². The Morgan fingerprint density at radius 1 is 1.07 bits per heavy atom. The third kappa shape index (κ3) is 4.88. The first kappa shape index (κ1) is 22.3. The number of aromatic nitrogens is 2. The van der Waals surface area contributed by atoms with Crippen molar-refractivity contribution < 1.29 is 9.90 Å². The molecule has 3 aromatic rings. The van der Waals surface area contributed by atoms with E-state index in [9.17, 15) is 19.5 Å². The summed E-state index contributed by atoms with van der Waals surface area (Å²) in [7, 11) is 1.42. The maximum Gasteiger partial charge on any atom is 0.290 e. The summed E-state index contributed by atoms with van der Waals surface area (Å²) >= 11 is 0. The molecular formula is C21H25N5O4. The molecule has 0 aliphatic heterocycles. The molecule has 6 N–H and O–H groups in total. The number of aromatic amines is 1. The van der Waals surface area contributed by atoms with Crippen molar-refractivity contribution >= 4 is 23.0 Å². The molecule has 0 aliphatic carbocycles. The van der Waals surface area contributed by atoms with E-state index in [-0.39, 0.29) is 22.6 Å². The number of anilines is 3. The maximum atomic E-state index is 12.6. The number of phenols is 1. The van der Waals surface area contributed by atoms with Crippen molar-refractivity contribution in [3.8, 4) is 5.75 Å². The normalized spacial score (nSPS) is 9.97. The van der Waals surface area contributed by atoms with Crippen molar-refractivity contribution in [1.29, 1.82) is 0 Å². The highest BCUT2D eigenvalue weighted by Crippen LogP contribution is 2.30. The van der Waals surface area contributed by atoms with Crippen LogP contribution < -0.4 is 27.5 Å². The Bertz CT molecular complexity index is 1140. The van der Waals surface area contributed by atoms with E-state index in [1.54, 1.807) is 0 Å². The average molecular weight is 411 g/mol. The van der Waals surface area contributed by atoms with E-state index >= 15 is 0 Å². The van der Waals surface area contributed by atoms with Gasteiger partial charge in [0.1, 0.15) is 11.4 Å². The molecule has 0 spiro atoms. The first-order valence-corrected chi connectivity index (χ1v) is 9.38. The summed E-state index contributed by atoms with van der Waals surface area (Å²) in [5.41, 5.74) is 4.99. The highest BCUT2D eigenvalue weighted by molar-refractivity contribution is 5.98. The number of benzene rings is 2. The van der Waals surface area contributed by atoms with Gasteiger partial charge in [-0.2, -0.15) is 0 Å². The fraction of sp³-hybridized carbons (Fsp3) is 0.190. The minimum atomic E-state index is -0.818. The van der Waals surface area contributed by atoms with Crippen LogP contribution in [0, 0.1) is 0 Å². The smallest absolute Gasteiger partial charge is 0.290 e. The molecule has 0 saturated heterocycles. The van der Waals surface area contributed by atoms with Crippen LogP contribution in [0.15, 0.2) is 58.1 Å². The summed E-state index contributed by atoms with van der Waals surface area (Å²) in [5, 5.41) is 18.3. The Hall–Kier alpha value is -4.01. The van der Waals surface area contributed by atoms with Gasteiger partial charge in [0.25, 0.3) is 17.0 Å².